The highest BCUT2D eigenvalue weighted by Crippen LogP contribution is 2.25. The zero-order chi connectivity index (χ0) is 18.0. The molecule has 0 spiro atoms. The van der Waals surface area contributed by atoms with Crippen LogP contribution in [-0.4, -0.2) is 20.6 Å². The van der Waals surface area contributed by atoms with Crippen molar-refractivity contribution in [1.29, 1.82) is 0 Å². The molecule has 0 aliphatic heterocycles. The first-order valence-corrected chi connectivity index (χ1v) is 10.5. The zero-order valence-electron chi connectivity index (χ0n) is 14.6. The maximum absolute atomic E-state index is 12.4. The van der Waals surface area contributed by atoms with Gasteiger partial charge in [-0.3, -0.25) is 4.79 Å². The molecule has 0 heterocycles. The number of nitrogens with one attached hydrogen (secondary N) is 1. The van der Waals surface area contributed by atoms with E-state index in [2.05, 4.69) is 23.5 Å². The van der Waals surface area contributed by atoms with Gasteiger partial charge in [-0.05, 0) is 73.6 Å². The Morgan fingerprint density at radius 2 is 1.64 bits per heavy atom. The maximum Gasteiger partial charge on any atom is 0.251 e. The number of hydrogen-bond acceptors (Lipinski definition) is 3. The van der Waals surface area contributed by atoms with Gasteiger partial charge >= 0.3 is 0 Å². The fourth-order valence-electron chi connectivity index (χ4n) is 3.24. The van der Waals surface area contributed by atoms with Gasteiger partial charge in [-0.25, -0.2) is 8.42 Å². The topological polar surface area (TPSA) is 63.2 Å². The number of carbonyl (C=O) groups is 1. The summed E-state index contributed by atoms with van der Waals surface area (Å²) in [6, 6.07) is 12.4. The van der Waals surface area contributed by atoms with Crippen molar-refractivity contribution in [2.24, 2.45) is 0 Å². The summed E-state index contributed by atoms with van der Waals surface area (Å²) in [5.41, 5.74) is 4.37. The first-order valence-electron chi connectivity index (χ1n) is 8.57. The van der Waals surface area contributed by atoms with Gasteiger partial charge in [-0.1, -0.05) is 18.2 Å². The highest BCUT2D eigenvalue weighted by molar-refractivity contribution is 7.90. The van der Waals surface area contributed by atoms with E-state index in [0.717, 1.165) is 24.7 Å². The lowest BCUT2D eigenvalue weighted by molar-refractivity contribution is 0.0939. The molecule has 3 rings (SSSR count). The summed E-state index contributed by atoms with van der Waals surface area (Å²) in [5.74, 6) is -0.203. The van der Waals surface area contributed by atoms with Gasteiger partial charge in [-0.2, -0.15) is 0 Å². The monoisotopic (exact) mass is 357 g/mol. The molecule has 1 unspecified atom stereocenters. The molecule has 0 bridgehead atoms. The molecular weight excluding hydrogens is 334 g/mol. The largest absolute Gasteiger partial charge is 0.346 e. The standard InChI is InChI=1S/C20H23NO3S/c1-14(17-8-7-15-5-3-4-6-18(15)13-17)21-20(22)16-9-11-19(12-10-16)25(2,23)24/h7-14H,3-6H2,1-2H3,(H,21,22). The van der Waals surface area contributed by atoms with Gasteiger partial charge in [0, 0.05) is 11.8 Å². The third kappa shape index (κ3) is 4.10. The number of amides is 1. The molecule has 25 heavy (non-hydrogen) atoms. The Morgan fingerprint density at radius 3 is 2.28 bits per heavy atom. The molecule has 0 aromatic heterocycles. The normalized spacial score (nSPS) is 15.3. The van der Waals surface area contributed by atoms with Crippen LogP contribution in [0.4, 0.5) is 0 Å². The van der Waals surface area contributed by atoms with E-state index < -0.39 is 9.84 Å². The summed E-state index contributed by atoms with van der Waals surface area (Å²) in [7, 11) is -3.25. The summed E-state index contributed by atoms with van der Waals surface area (Å²) >= 11 is 0. The number of benzene rings is 2. The molecule has 1 amide bonds. The number of hydrogen-bond donors (Lipinski definition) is 1. The molecule has 132 valence electrons. The van der Waals surface area contributed by atoms with E-state index >= 15 is 0 Å². The maximum atomic E-state index is 12.4. The van der Waals surface area contributed by atoms with Crippen molar-refractivity contribution in [2.45, 2.75) is 43.5 Å². The van der Waals surface area contributed by atoms with E-state index in [1.165, 1.54) is 36.1 Å². The second-order valence-electron chi connectivity index (χ2n) is 6.73. The predicted octanol–water partition coefficient (Wildman–Crippen LogP) is 3.46. The molecule has 2 aromatic rings. The molecule has 1 N–H and O–H groups in total. The molecule has 5 heteroatoms. The molecule has 1 aliphatic carbocycles. The molecular formula is C20H23NO3S. The number of aryl methyl sites for hydroxylation is 2. The van der Waals surface area contributed by atoms with Crippen molar-refractivity contribution in [2.75, 3.05) is 6.26 Å². The van der Waals surface area contributed by atoms with E-state index in [1.54, 1.807) is 12.1 Å². The highest BCUT2D eigenvalue weighted by Gasteiger charge is 2.15. The van der Waals surface area contributed by atoms with Crippen molar-refractivity contribution in [3.63, 3.8) is 0 Å². The third-order valence-corrected chi connectivity index (χ3v) is 5.89. The van der Waals surface area contributed by atoms with Gasteiger partial charge in [-0.15, -0.1) is 0 Å². The van der Waals surface area contributed by atoms with Crippen molar-refractivity contribution in [1.82, 2.24) is 5.32 Å². The van der Waals surface area contributed by atoms with Gasteiger partial charge in [0.25, 0.3) is 5.91 Å². The number of carbonyl (C=O) groups excluding carboxylic acids is 1. The van der Waals surface area contributed by atoms with Gasteiger partial charge < -0.3 is 5.32 Å². The first kappa shape index (κ1) is 17.7. The van der Waals surface area contributed by atoms with Crippen molar-refractivity contribution >= 4 is 15.7 Å². The average Bonchev–Trinajstić information content (AvgIpc) is 2.60. The van der Waals surface area contributed by atoms with Crippen molar-refractivity contribution in [3.8, 4) is 0 Å². The van der Waals surface area contributed by atoms with Crippen LogP contribution in [0, 0.1) is 0 Å². The summed E-state index contributed by atoms with van der Waals surface area (Å²) in [4.78, 5) is 12.6. The Hall–Kier alpha value is -2.14. The second kappa shape index (κ2) is 7.00. The predicted molar refractivity (Wildman–Crippen MR) is 98.5 cm³/mol. The fourth-order valence-corrected chi connectivity index (χ4v) is 3.87. The lowest BCUT2D eigenvalue weighted by atomic mass is 9.89. The quantitative estimate of drug-likeness (QED) is 0.911. The molecule has 4 nitrogen and oxygen atoms in total. The van der Waals surface area contributed by atoms with Gasteiger partial charge in [0.2, 0.25) is 0 Å². The first-order chi connectivity index (χ1) is 11.8. The van der Waals surface area contributed by atoms with Crippen LogP contribution < -0.4 is 5.32 Å². The van der Waals surface area contributed by atoms with Crippen molar-refractivity contribution < 1.29 is 13.2 Å². The molecule has 0 saturated heterocycles. The second-order valence-corrected chi connectivity index (χ2v) is 8.74. The minimum atomic E-state index is -3.25. The minimum absolute atomic E-state index is 0.102. The van der Waals surface area contributed by atoms with E-state index in [9.17, 15) is 13.2 Å². The Labute approximate surface area is 149 Å². The Morgan fingerprint density at radius 1 is 1.00 bits per heavy atom. The summed E-state index contributed by atoms with van der Waals surface area (Å²) in [6.45, 7) is 1.97. The SMILES string of the molecule is CC(NC(=O)c1ccc(S(C)(=O)=O)cc1)c1ccc2c(c1)CCCC2. The lowest BCUT2D eigenvalue weighted by Crippen LogP contribution is -2.26. The van der Waals surface area contributed by atoms with E-state index in [0.29, 0.717) is 5.56 Å². The van der Waals surface area contributed by atoms with Crippen LogP contribution in [0.2, 0.25) is 0 Å². The van der Waals surface area contributed by atoms with Crippen LogP contribution in [0.25, 0.3) is 0 Å². The van der Waals surface area contributed by atoms with E-state index in [1.807, 2.05) is 6.92 Å². The fraction of sp³-hybridized carbons (Fsp3) is 0.350. The number of fused-ring (bicyclic) bond motifs is 1. The minimum Gasteiger partial charge on any atom is -0.346 e. The third-order valence-electron chi connectivity index (χ3n) is 4.76. The van der Waals surface area contributed by atoms with Crippen LogP contribution in [0.3, 0.4) is 0 Å². The summed E-state index contributed by atoms with van der Waals surface area (Å²) < 4.78 is 23.0. The van der Waals surface area contributed by atoms with E-state index in [4.69, 9.17) is 0 Å². The number of rotatable bonds is 4. The Balaban J connectivity index is 1.72. The molecule has 0 saturated carbocycles. The van der Waals surface area contributed by atoms with Crippen LogP contribution >= 0.6 is 0 Å². The Bertz CT molecular complexity index is 886. The van der Waals surface area contributed by atoms with Crippen LogP contribution in [0.15, 0.2) is 47.4 Å². The molecule has 2 aromatic carbocycles. The molecule has 0 radical (unpaired) electrons. The van der Waals surface area contributed by atoms with Crippen LogP contribution in [0.5, 0.6) is 0 Å². The molecule has 1 aliphatic rings. The van der Waals surface area contributed by atoms with E-state index in [-0.39, 0.29) is 16.8 Å². The highest BCUT2D eigenvalue weighted by atomic mass is 32.2. The Kier molecular flexibility index (Phi) is 4.95. The lowest BCUT2D eigenvalue weighted by Gasteiger charge is -2.20. The smallest absolute Gasteiger partial charge is 0.251 e. The van der Waals surface area contributed by atoms with Gasteiger partial charge in [0.15, 0.2) is 9.84 Å². The van der Waals surface area contributed by atoms with Gasteiger partial charge in [0.05, 0.1) is 10.9 Å². The summed E-state index contributed by atoms with van der Waals surface area (Å²) in [6.07, 6.45) is 5.88. The zero-order valence-corrected chi connectivity index (χ0v) is 15.4. The van der Waals surface area contributed by atoms with Crippen LogP contribution in [-0.2, 0) is 22.7 Å². The molecule has 1 atom stereocenters. The summed E-state index contributed by atoms with van der Waals surface area (Å²) in [5, 5.41) is 2.99. The van der Waals surface area contributed by atoms with Crippen LogP contribution in [0.1, 0.15) is 52.9 Å². The number of sulfone groups is 1. The van der Waals surface area contributed by atoms with Gasteiger partial charge in [0.1, 0.15) is 0 Å². The van der Waals surface area contributed by atoms with Crippen molar-refractivity contribution in [3.05, 3.63) is 64.7 Å². The molecule has 0 fully saturated rings. The average molecular weight is 357 g/mol.